The van der Waals surface area contributed by atoms with E-state index in [0.29, 0.717) is 6.42 Å². The zero-order chi connectivity index (χ0) is 28.5. The molecule has 0 bridgehead atoms. The molecule has 39 heavy (non-hydrogen) atoms. The maximum Gasteiger partial charge on any atom is 0.531 e. The summed E-state index contributed by atoms with van der Waals surface area (Å²) in [6, 6.07) is 7.44. The van der Waals surface area contributed by atoms with Gasteiger partial charge in [0.15, 0.2) is 11.9 Å². The van der Waals surface area contributed by atoms with Crippen molar-refractivity contribution in [1.29, 1.82) is 0 Å². The Labute approximate surface area is 228 Å². The van der Waals surface area contributed by atoms with Gasteiger partial charge in [0, 0.05) is 24.6 Å². The van der Waals surface area contributed by atoms with Gasteiger partial charge >= 0.3 is 19.1 Å². The van der Waals surface area contributed by atoms with Crippen LogP contribution in [-0.2, 0) is 34.9 Å². The van der Waals surface area contributed by atoms with E-state index in [1.807, 2.05) is 44.2 Å². The number of aromatic nitrogens is 2. The van der Waals surface area contributed by atoms with Gasteiger partial charge in [-0.2, -0.15) is 0 Å². The van der Waals surface area contributed by atoms with E-state index in [-0.39, 0.29) is 30.2 Å². The van der Waals surface area contributed by atoms with Crippen LogP contribution in [0.25, 0.3) is 0 Å². The van der Waals surface area contributed by atoms with Gasteiger partial charge in [0.1, 0.15) is 11.7 Å². The third kappa shape index (κ3) is 8.17. The normalized spacial score (nSPS) is 18.8. The lowest BCUT2D eigenvalue weighted by Crippen LogP contribution is -2.59. The van der Waals surface area contributed by atoms with Crippen molar-refractivity contribution in [1.82, 2.24) is 20.2 Å². The van der Waals surface area contributed by atoms with Crippen LogP contribution in [0.2, 0.25) is 5.82 Å². The Morgan fingerprint density at radius 1 is 1.15 bits per heavy atom. The number of hydrogen-bond donors (Lipinski definition) is 1. The van der Waals surface area contributed by atoms with Crippen LogP contribution in [0.4, 0.5) is 0 Å². The molecule has 1 aliphatic heterocycles. The average molecular weight is 538 g/mol. The number of hydrogen-bond acceptors (Lipinski definition) is 10. The van der Waals surface area contributed by atoms with Crippen LogP contribution in [0.5, 0.6) is 0 Å². The molecular formula is C27H35BN4O7. The maximum absolute atomic E-state index is 13.7. The molecule has 2 heterocycles. The molecule has 208 valence electrons. The first-order valence-electron chi connectivity index (χ1n) is 12.8. The van der Waals surface area contributed by atoms with Crippen LogP contribution in [-0.4, -0.2) is 85.0 Å². The molecule has 0 aliphatic carbocycles. The van der Waals surface area contributed by atoms with Crippen LogP contribution < -0.4 is 5.32 Å². The molecule has 0 unspecified atom stereocenters. The van der Waals surface area contributed by atoms with Crippen LogP contribution in [0.3, 0.4) is 0 Å². The van der Waals surface area contributed by atoms with E-state index >= 15 is 0 Å². The highest BCUT2D eigenvalue weighted by Gasteiger charge is 2.51. The standard InChI is InChI=1S/C27H35BN4O7/c1-17(2)13-19(28-38-24(27(36)37-5)23(32(3)4)26(35)39-28)15-22(33)20(14-18-9-7-6-8-10-18)31-25(34)21-16-29-11-12-30-21/h6-12,16-17,19-20,23-24H,13-15H2,1-5H3,(H,31,34)/t19-,20+,23+,24-/m1/s1. The van der Waals surface area contributed by atoms with E-state index < -0.39 is 49.0 Å². The van der Waals surface area contributed by atoms with Gasteiger partial charge in [-0.05, 0) is 38.4 Å². The van der Waals surface area contributed by atoms with E-state index in [4.69, 9.17) is 14.0 Å². The first-order chi connectivity index (χ1) is 18.6. The van der Waals surface area contributed by atoms with Gasteiger partial charge in [-0.3, -0.25) is 24.3 Å². The summed E-state index contributed by atoms with van der Waals surface area (Å²) in [5, 5.41) is 2.79. The Balaban J connectivity index is 1.85. The summed E-state index contributed by atoms with van der Waals surface area (Å²) >= 11 is 0. The third-order valence-corrected chi connectivity index (χ3v) is 6.43. The Morgan fingerprint density at radius 2 is 1.87 bits per heavy atom. The summed E-state index contributed by atoms with van der Waals surface area (Å²) in [4.78, 5) is 61.5. The number of ketones is 1. The molecule has 2 aromatic rings. The predicted molar refractivity (Wildman–Crippen MR) is 142 cm³/mol. The van der Waals surface area contributed by atoms with Crippen molar-refractivity contribution in [3.63, 3.8) is 0 Å². The van der Waals surface area contributed by atoms with Crippen molar-refractivity contribution in [3.05, 3.63) is 60.2 Å². The van der Waals surface area contributed by atoms with E-state index in [9.17, 15) is 19.2 Å². The van der Waals surface area contributed by atoms with Gasteiger partial charge in [-0.25, -0.2) is 9.78 Å². The zero-order valence-electron chi connectivity index (χ0n) is 22.9. The second-order valence-corrected chi connectivity index (χ2v) is 10.2. The molecule has 0 radical (unpaired) electrons. The predicted octanol–water partition coefficient (Wildman–Crippen LogP) is 1.73. The Morgan fingerprint density at radius 3 is 2.46 bits per heavy atom. The van der Waals surface area contributed by atoms with Crippen molar-refractivity contribution in [2.45, 2.75) is 57.1 Å². The average Bonchev–Trinajstić information content (AvgIpc) is 2.91. The van der Waals surface area contributed by atoms with Gasteiger partial charge in [0.05, 0.1) is 19.3 Å². The van der Waals surface area contributed by atoms with Crippen molar-refractivity contribution >= 4 is 30.7 Å². The molecule has 1 aromatic carbocycles. The molecule has 12 heteroatoms. The van der Waals surface area contributed by atoms with E-state index in [1.165, 1.54) is 30.6 Å². The second kappa shape index (κ2) is 14.0. The molecule has 1 fully saturated rings. The topological polar surface area (TPSA) is 137 Å². The number of methoxy groups -OCH3 is 1. The number of likely N-dealkylation sites (N-methyl/N-ethyl adjacent to an activating group) is 1. The highest BCUT2D eigenvalue weighted by Crippen LogP contribution is 2.32. The molecule has 1 aliphatic rings. The molecule has 1 aromatic heterocycles. The number of rotatable bonds is 12. The summed E-state index contributed by atoms with van der Waals surface area (Å²) in [7, 11) is 3.34. The molecule has 4 atom stereocenters. The first kappa shape index (κ1) is 29.9. The SMILES string of the molecule is COC(=O)[C@@H]1OB([C@@H](CC(=O)[C@H](Cc2ccccc2)NC(=O)c2cnccn2)CC(C)C)OC(=O)[C@H]1N(C)C. The molecule has 1 N–H and O–H groups in total. The van der Waals surface area contributed by atoms with Crippen LogP contribution >= 0.6 is 0 Å². The van der Waals surface area contributed by atoms with Crippen LogP contribution in [0.1, 0.15) is 42.7 Å². The summed E-state index contributed by atoms with van der Waals surface area (Å²) < 4.78 is 16.5. The number of amides is 1. The highest BCUT2D eigenvalue weighted by molar-refractivity contribution is 6.50. The Hall–Kier alpha value is -3.64. The Bertz CT molecular complexity index is 1130. The number of benzene rings is 1. The quantitative estimate of drug-likeness (QED) is 0.314. The van der Waals surface area contributed by atoms with Gasteiger partial charge in [-0.15, -0.1) is 0 Å². The largest absolute Gasteiger partial charge is 0.531 e. The molecule has 0 saturated carbocycles. The van der Waals surface area contributed by atoms with Gasteiger partial charge in [0.2, 0.25) is 0 Å². The number of Topliss-reactive ketones (excluding diaryl/α,β-unsaturated/α-hetero) is 1. The van der Waals surface area contributed by atoms with Crippen molar-refractivity contribution in [2.75, 3.05) is 21.2 Å². The van der Waals surface area contributed by atoms with Gasteiger partial charge < -0.3 is 19.4 Å². The van der Waals surface area contributed by atoms with Crippen LogP contribution in [0, 0.1) is 5.92 Å². The molecule has 0 spiro atoms. The summed E-state index contributed by atoms with van der Waals surface area (Å²) in [6.07, 6.45) is 3.62. The smallest absolute Gasteiger partial charge is 0.508 e. The fraction of sp³-hybridized carbons (Fsp3) is 0.481. The summed E-state index contributed by atoms with van der Waals surface area (Å²) in [5.74, 6) is -2.59. The summed E-state index contributed by atoms with van der Waals surface area (Å²) in [6.45, 7) is 3.94. The monoisotopic (exact) mass is 538 g/mol. The zero-order valence-corrected chi connectivity index (χ0v) is 22.9. The molecule has 11 nitrogen and oxygen atoms in total. The van der Waals surface area contributed by atoms with Crippen LogP contribution in [0.15, 0.2) is 48.9 Å². The minimum atomic E-state index is -1.21. The number of carbonyl (C=O) groups excluding carboxylic acids is 4. The van der Waals surface area contributed by atoms with E-state index in [0.717, 1.165) is 5.56 Å². The minimum absolute atomic E-state index is 0.0606. The highest BCUT2D eigenvalue weighted by atomic mass is 16.7. The molecule has 3 rings (SSSR count). The maximum atomic E-state index is 13.7. The number of nitrogens with zero attached hydrogens (tertiary/aromatic N) is 3. The second-order valence-electron chi connectivity index (χ2n) is 10.2. The summed E-state index contributed by atoms with van der Waals surface area (Å²) in [5.41, 5.74) is 0.943. The van der Waals surface area contributed by atoms with Gasteiger partial charge in [0.25, 0.3) is 5.91 Å². The lowest BCUT2D eigenvalue weighted by Gasteiger charge is -2.38. The molecule has 1 saturated heterocycles. The lowest BCUT2D eigenvalue weighted by atomic mass is 9.64. The van der Waals surface area contributed by atoms with Crippen molar-refractivity contribution in [3.8, 4) is 0 Å². The lowest BCUT2D eigenvalue weighted by molar-refractivity contribution is -0.167. The molecule has 1 amide bonds. The van der Waals surface area contributed by atoms with Crippen molar-refractivity contribution in [2.24, 2.45) is 5.92 Å². The number of ether oxygens (including phenoxy) is 1. The number of carbonyl (C=O) groups is 4. The number of esters is 1. The van der Waals surface area contributed by atoms with E-state index in [1.54, 1.807) is 14.1 Å². The first-order valence-corrected chi connectivity index (χ1v) is 12.8. The van der Waals surface area contributed by atoms with Gasteiger partial charge in [-0.1, -0.05) is 44.2 Å². The number of nitrogens with one attached hydrogen (secondary N) is 1. The van der Waals surface area contributed by atoms with Crippen molar-refractivity contribution < 1.29 is 33.2 Å². The fourth-order valence-electron chi connectivity index (χ4n) is 4.58. The fourth-order valence-corrected chi connectivity index (χ4v) is 4.58. The third-order valence-electron chi connectivity index (χ3n) is 6.43. The van der Waals surface area contributed by atoms with E-state index in [2.05, 4.69) is 15.3 Å². The minimum Gasteiger partial charge on any atom is -0.508 e. The molecular weight excluding hydrogens is 503 g/mol. The Kier molecular flexibility index (Phi) is 10.7.